The summed E-state index contributed by atoms with van der Waals surface area (Å²) in [5.41, 5.74) is 7.28. The molecule has 0 saturated heterocycles. The summed E-state index contributed by atoms with van der Waals surface area (Å²) in [6.07, 6.45) is 1.96. The largest absolute Gasteiger partial charge is 0.493 e. The van der Waals surface area contributed by atoms with Gasteiger partial charge in [-0.2, -0.15) is 0 Å². The van der Waals surface area contributed by atoms with E-state index in [9.17, 15) is 14.4 Å². The Morgan fingerprint density at radius 2 is 1.71 bits per heavy atom. The van der Waals surface area contributed by atoms with Crippen LogP contribution in [0, 0.1) is 0 Å². The fourth-order valence-corrected chi connectivity index (χ4v) is 3.41. The van der Waals surface area contributed by atoms with Crippen molar-refractivity contribution in [1.29, 1.82) is 0 Å². The Morgan fingerprint density at radius 3 is 2.48 bits per heavy atom. The van der Waals surface area contributed by atoms with Crippen LogP contribution in [-0.2, 0) is 16.0 Å². The molecule has 2 aromatic rings. The highest BCUT2D eigenvalue weighted by molar-refractivity contribution is 5.97. The van der Waals surface area contributed by atoms with E-state index >= 15 is 0 Å². The number of carbonyl (C=O) groups excluding carboxylic acids is 3. The summed E-state index contributed by atoms with van der Waals surface area (Å²) in [6.45, 7) is 0.620. The highest BCUT2D eigenvalue weighted by atomic mass is 16.5. The first-order valence-corrected chi connectivity index (χ1v) is 9.92. The lowest BCUT2D eigenvalue weighted by atomic mass is 10.0. The lowest BCUT2D eigenvalue weighted by Gasteiger charge is -2.30. The Hall–Kier alpha value is -3.75. The maximum Gasteiger partial charge on any atom is 0.257 e. The molecule has 3 rings (SSSR count). The van der Waals surface area contributed by atoms with E-state index in [0.29, 0.717) is 17.1 Å². The maximum atomic E-state index is 12.3. The lowest BCUT2D eigenvalue weighted by Crippen LogP contribution is -2.49. The molecule has 1 aliphatic heterocycles. The van der Waals surface area contributed by atoms with Gasteiger partial charge in [0, 0.05) is 17.8 Å². The number of carbonyl (C=O) groups is 3. The molecule has 0 unspecified atom stereocenters. The van der Waals surface area contributed by atoms with Crippen LogP contribution < -0.4 is 30.5 Å². The molecule has 164 valence electrons. The minimum Gasteiger partial charge on any atom is -0.493 e. The van der Waals surface area contributed by atoms with Crippen molar-refractivity contribution in [1.82, 2.24) is 16.2 Å². The molecule has 0 bridgehead atoms. The van der Waals surface area contributed by atoms with Gasteiger partial charge in [-0.1, -0.05) is 18.2 Å². The second-order valence-corrected chi connectivity index (χ2v) is 7.00. The van der Waals surface area contributed by atoms with Crippen LogP contribution in [0.2, 0.25) is 0 Å². The fraction of sp³-hybridized carbons (Fsp3) is 0.318. The third kappa shape index (κ3) is 5.65. The lowest BCUT2D eigenvalue weighted by molar-refractivity contribution is -0.127. The van der Waals surface area contributed by atoms with Crippen LogP contribution >= 0.6 is 0 Å². The molecule has 1 heterocycles. The van der Waals surface area contributed by atoms with Crippen LogP contribution in [-0.4, -0.2) is 51.6 Å². The number of ether oxygens (including phenoxy) is 2. The van der Waals surface area contributed by atoms with Crippen molar-refractivity contribution in [2.45, 2.75) is 12.8 Å². The van der Waals surface area contributed by atoms with E-state index in [1.165, 1.54) is 25.8 Å². The van der Waals surface area contributed by atoms with Crippen molar-refractivity contribution in [3.8, 4) is 11.5 Å². The molecule has 0 saturated carbocycles. The first-order chi connectivity index (χ1) is 15.0. The number of rotatable bonds is 7. The molecule has 0 radical (unpaired) electrons. The van der Waals surface area contributed by atoms with Crippen LogP contribution in [0.5, 0.6) is 11.5 Å². The zero-order chi connectivity index (χ0) is 22.2. The summed E-state index contributed by atoms with van der Waals surface area (Å²) in [5.74, 6) is -0.424. The maximum absolute atomic E-state index is 12.3. The summed E-state index contributed by atoms with van der Waals surface area (Å²) >= 11 is 0. The van der Waals surface area contributed by atoms with Gasteiger partial charge < -0.3 is 19.7 Å². The van der Waals surface area contributed by atoms with Gasteiger partial charge in [-0.25, -0.2) is 0 Å². The minimum absolute atomic E-state index is 0.134. The molecule has 0 fully saturated rings. The smallest absolute Gasteiger partial charge is 0.257 e. The Labute approximate surface area is 180 Å². The van der Waals surface area contributed by atoms with Crippen LogP contribution in [0.4, 0.5) is 5.69 Å². The summed E-state index contributed by atoms with van der Waals surface area (Å²) in [4.78, 5) is 38.5. The van der Waals surface area contributed by atoms with Crippen molar-refractivity contribution < 1.29 is 23.9 Å². The average molecular weight is 426 g/mol. The number of hydrogen-bond acceptors (Lipinski definition) is 6. The third-order valence-electron chi connectivity index (χ3n) is 4.94. The molecule has 9 nitrogen and oxygen atoms in total. The number of fused-ring (bicyclic) bond motifs is 1. The predicted octanol–water partition coefficient (Wildman–Crippen LogP) is 1.03. The summed E-state index contributed by atoms with van der Waals surface area (Å²) in [6, 6.07) is 12.7. The molecule has 0 aromatic heterocycles. The standard InChI is InChI=1S/C22H26N4O5/c1-30-18-10-9-16(12-19(18)31-2)22(29)23-13-20(27)24-25-21(28)14-26-11-5-7-15-6-3-4-8-17(15)26/h3-4,6,8-10,12H,5,7,11,13-14H2,1-2H3,(H,23,29)(H,24,27)(H,25,28). The van der Waals surface area contributed by atoms with E-state index in [-0.39, 0.29) is 19.0 Å². The van der Waals surface area contributed by atoms with E-state index in [4.69, 9.17) is 9.47 Å². The minimum atomic E-state index is -0.541. The van der Waals surface area contributed by atoms with E-state index in [0.717, 1.165) is 25.1 Å². The molecule has 9 heteroatoms. The molecular formula is C22H26N4O5. The van der Waals surface area contributed by atoms with E-state index in [1.54, 1.807) is 12.1 Å². The van der Waals surface area contributed by atoms with Crippen molar-refractivity contribution >= 4 is 23.4 Å². The van der Waals surface area contributed by atoms with Gasteiger partial charge in [-0.15, -0.1) is 0 Å². The van der Waals surface area contributed by atoms with Crippen molar-refractivity contribution in [3.63, 3.8) is 0 Å². The van der Waals surface area contributed by atoms with Crippen LogP contribution in [0.25, 0.3) is 0 Å². The van der Waals surface area contributed by atoms with Gasteiger partial charge in [0.05, 0.1) is 27.3 Å². The summed E-state index contributed by atoms with van der Waals surface area (Å²) < 4.78 is 10.3. The second-order valence-electron chi connectivity index (χ2n) is 7.00. The number of aryl methyl sites for hydroxylation is 1. The number of hydrazine groups is 1. The molecule has 3 N–H and O–H groups in total. The molecule has 2 aromatic carbocycles. The van der Waals surface area contributed by atoms with Crippen LogP contribution in [0.3, 0.4) is 0 Å². The van der Waals surface area contributed by atoms with Crippen molar-refractivity contribution in [2.75, 3.05) is 38.8 Å². The average Bonchev–Trinajstić information content (AvgIpc) is 2.81. The first-order valence-electron chi connectivity index (χ1n) is 9.92. The Bertz CT molecular complexity index is 963. The summed E-state index contributed by atoms with van der Waals surface area (Å²) in [7, 11) is 2.97. The molecule has 3 amide bonds. The Balaban J connectivity index is 1.44. The highest BCUT2D eigenvalue weighted by Gasteiger charge is 2.19. The first kappa shape index (κ1) is 21.9. The quantitative estimate of drug-likeness (QED) is 0.571. The molecule has 0 aliphatic carbocycles. The number of benzene rings is 2. The summed E-state index contributed by atoms with van der Waals surface area (Å²) in [5, 5.41) is 2.50. The van der Waals surface area contributed by atoms with Gasteiger partial charge in [-0.3, -0.25) is 25.2 Å². The van der Waals surface area contributed by atoms with Gasteiger partial charge in [0.15, 0.2) is 11.5 Å². The molecule has 0 atom stereocenters. The molecule has 0 spiro atoms. The number of hydrogen-bond donors (Lipinski definition) is 3. The van der Waals surface area contributed by atoms with E-state index < -0.39 is 11.8 Å². The zero-order valence-electron chi connectivity index (χ0n) is 17.6. The van der Waals surface area contributed by atoms with Gasteiger partial charge in [0.2, 0.25) is 0 Å². The number of nitrogens with one attached hydrogen (secondary N) is 3. The number of methoxy groups -OCH3 is 2. The van der Waals surface area contributed by atoms with E-state index in [1.807, 2.05) is 23.1 Å². The predicted molar refractivity (Wildman–Crippen MR) is 115 cm³/mol. The monoisotopic (exact) mass is 426 g/mol. The SMILES string of the molecule is COc1ccc(C(=O)NCC(=O)NNC(=O)CN2CCCc3ccccc32)cc1OC. The van der Waals surface area contributed by atoms with Gasteiger partial charge in [-0.05, 0) is 42.7 Å². The van der Waals surface area contributed by atoms with Gasteiger partial charge in [0.1, 0.15) is 0 Å². The fourth-order valence-electron chi connectivity index (χ4n) is 3.41. The number of para-hydroxylation sites is 1. The third-order valence-corrected chi connectivity index (χ3v) is 4.94. The highest BCUT2D eigenvalue weighted by Crippen LogP contribution is 2.27. The second kappa shape index (κ2) is 10.3. The van der Waals surface area contributed by atoms with Crippen molar-refractivity contribution in [3.05, 3.63) is 53.6 Å². The Kier molecular flexibility index (Phi) is 7.31. The van der Waals surface area contributed by atoms with Crippen LogP contribution in [0.1, 0.15) is 22.3 Å². The molecule has 31 heavy (non-hydrogen) atoms. The van der Waals surface area contributed by atoms with Gasteiger partial charge >= 0.3 is 0 Å². The van der Waals surface area contributed by atoms with E-state index in [2.05, 4.69) is 22.2 Å². The normalized spacial score (nSPS) is 12.4. The van der Waals surface area contributed by atoms with Gasteiger partial charge in [0.25, 0.3) is 17.7 Å². The molecule has 1 aliphatic rings. The zero-order valence-corrected chi connectivity index (χ0v) is 17.6. The van der Waals surface area contributed by atoms with Crippen LogP contribution in [0.15, 0.2) is 42.5 Å². The number of anilines is 1. The number of nitrogens with zero attached hydrogens (tertiary/aromatic N) is 1. The Morgan fingerprint density at radius 1 is 0.968 bits per heavy atom. The van der Waals surface area contributed by atoms with Crippen molar-refractivity contribution in [2.24, 2.45) is 0 Å². The topological polar surface area (TPSA) is 109 Å². The molecular weight excluding hydrogens is 400 g/mol. The number of amides is 3.